The van der Waals surface area contributed by atoms with Gasteiger partial charge < -0.3 is 15.0 Å². The topological polar surface area (TPSA) is 24.5 Å². The summed E-state index contributed by atoms with van der Waals surface area (Å²) in [5, 5.41) is 4.31. The highest BCUT2D eigenvalue weighted by Gasteiger charge is 2.15. The fraction of sp³-hybridized carbons (Fsp3) is 0.571. The molecular weight excluding hydrogens is 248 g/mol. The Bertz CT molecular complexity index is 389. The Morgan fingerprint density at radius 3 is 2.72 bits per heavy atom. The predicted octanol–water partition coefficient (Wildman–Crippen LogP) is 3.24. The first-order valence-corrected chi connectivity index (χ1v) is 6.83. The zero-order chi connectivity index (χ0) is 13.0. The summed E-state index contributed by atoms with van der Waals surface area (Å²) in [5.41, 5.74) is 2.17. The minimum Gasteiger partial charge on any atom is -0.383 e. The number of halogens is 1. The van der Waals surface area contributed by atoms with Crippen molar-refractivity contribution in [3.05, 3.63) is 23.2 Å². The van der Waals surface area contributed by atoms with E-state index in [0.717, 1.165) is 49.0 Å². The van der Waals surface area contributed by atoms with Crippen molar-refractivity contribution in [1.29, 1.82) is 0 Å². The van der Waals surface area contributed by atoms with Crippen LogP contribution in [0.3, 0.4) is 0 Å². The molecular formula is C14H21ClN2O. The molecule has 3 nitrogen and oxygen atoms in total. The lowest BCUT2D eigenvalue weighted by Crippen LogP contribution is -2.23. The minimum atomic E-state index is 0.702. The summed E-state index contributed by atoms with van der Waals surface area (Å²) in [5.74, 6) is 0.702. The average Bonchev–Trinajstić information content (AvgIpc) is 2.37. The molecule has 1 aliphatic rings. The molecule has 0 aliphatic carbocycles. The third-order valence-corrected chi connectivity index (χ3v) is 3.66. The lowest BCUT2D eigenvalue weighted by atomic mass is 10.0. The summed E-state index contributed by atoms with van der Waals surface area (Å²) in [6.07, 6.45) is 2.29. The maximum Gasteiger partial charge on any atom is 0.0786 e. The summed E-state index contributed by atoms with van der Waals surface area (Å²) in [6.45, 7) is 2.77. The minimum absolute atomic E-state index is 0.702. The number of nitrogens with one attached hydrogen (secondary N) is 1. The number of benzene rings is 1. The van der Waals surface area contributed by atoms with Crippen molar-refractivity contribution in [2.24, 2.45) is 5.92 Å². The fourth-order valence-corrected chi connectivity index (χ4v) is 2.66. The molecule has 0 aromatic heterocycles. The first-order valence-electron chi connectivity index (χ1n) is 6.46. The molecule has 1 heterocycles. The quantitative estimate of drug-likeness (QED) is 0.907. The molecule has 18 heavy (non-hydrogen) atoms. The van der Waals surface area contributed by atoms with Gasteiger partial charge in [-0.05, 0) is 30.9 Å². The molecule has 1 fully saturated rings. The Kier molecular flexibility index (Phi) is 4.72. The summed E-state index contributed by atoms with van der Waals surface area (Å²) in [6, 6.07) is 6.00. The van der Waals surface area contributed by atoms with E-state index < -0.39 is 0 Å². The van der Waals surface area contributed by atoms with Crippen molar-refractivity contribution in [2.75, 3.05) is 44.1 Å². The van der Waals surface area contributed by atoms with Crippen LogP contribution in [0.2, 0.25) is 5.02 Å². The Hall–Kier alpha value is -0.930. The van der Waals surface area contributed by atoms with Crippen molar-refractivity contribution >= 4 is 23.0 Å². The molecule has 0 saturated carbocycles. The highest BCUT2D eigenvalue weighted by atomic mass is 35.5. The van der Waals surface area contributed by atoms with Crippen molar-refractivity contribution in [3.8, 4) is 0 Å². The third kappa shape index (κ3) is 3.30. The zero-order valence-electron chi connectivity index (χ0n) is 11.1. The van der Waals surface area contributed by atoms with Gasteiger partial charge in [-0.15, -0.1) is 0 Å². The molecule has 1 aromatic carbocycles. The molecule has 2 rings (SSSR count). The summed E-state index contributed by atoms with van der Waals surface area (Å²) in [7, 11) is 4.03. The highest BCUT2D eigenvalue weighted by molar-refractivity contribution is 6.34. The maximum absolute atomic E-state index is 6.24. The number of anilines is 2. The zero-order valence-corrected chi connectivity index (χ0v) is 11.8. The summed E-state index contributed by atoms with van der Waals surface area (Å²) < 4.78 is 5.38. The van der Waals surface area contributed by atoms with E-state index in [2.05, 4.69) is 16.3 Å². The van der Waals surface area contributed by atoms with E-state index in [0.29, 0.717) is 5.92 Å². The van der Waals surface area contributed by atoms with E-state index in [1.165, 1.54) is 0 Å². The Morgan fingerprint density at radius 1 is 1.33 bits per heavy atom. The SMILES string of the molecule is CN(C)c1c(Cl)cccc1NCC1CCOCC1. The summed E-state index contributed by atoms with van der Waals surface area (Å²) in [4.78, 5) is 2.05. The molecule has 0 atom stereocenters. The van der Waals surface area contributed by atoms with Gasteiger partial charge in [0, 0.05) is 33.9 Å². The average molecular weight is 269 g/mol. The van der Waals surface area contributed by atoms with Crippen LogP contribution < -0.4 is 10.2 Å². The predicted molar refractivity (Wildman–Crippen MR) is 77.8 cm³/mol. The van der Waals surface area contributed by atoms with Crippen molar-refractivity contribution in [1.82, 2.24) is 0 Å². The van der Waals surface area contributed by atoms with E-state index in [1.54, 1.807) is 0 Å². The lowest BCUT2D eigenvalue weighted by molar-refractivity contribution is 0.0699. The Labute approximate surface area is 114 Å². The molecule has 1 aromatic rings. The second-order valence-electron chi connectivity index (χ2n) is 4.97. The second-order valence-corrected chi connectivity index (χ2v) is 5.37. The smallest absolute Gasteiger partial charge is 0.0786 e. The summed E-state index contributed by atoms with van der Waals surface area (Å²) >= 11 is 6.24. The number of rotatable bonds is 4. The normalized spacial score (nSPS) is 16.6. The first kappa shape index (κ1) is 13.5. The number of hydrogen-bond acceptors (Lipinski definition) is 3. The second kappa shape index (κ2) is 6.30. The molecule has 100 valence electrons. The molecule has 1 aliphatic heterocycles. The monoisotopic (exact) mass is 268 g/mol. The maximum atomic E-state index is 6.24. The molecule has 0 bridgehead atoms. The van der Waals surface area contributed by atoms with Gasteiger partial charge in [-0.3, -0.25) is 0 Å². The van der Waals surface area contributed by atoms with Crippen LogP contribution in [0.25, 0.3) is 0 Å². The van der Waals surface area contributed by atoms with Gasteiger partial charge in [-0.25, -0.2) is 0 Å². The van der Waals surface area contributed by atoms with Crippen LogP contribution in [0.4, 0.5) is 11.4 Å². The van der Waals surface area contributed by atoms with Gasteiger partial charge in [-0.2, -0.15) is 0 Å². The molecule has 0 unspecified atom stereocenters. The van der Waals surface area contributed by atoms with E-state index in [9.17, 15) is 0 Å². The molecule has 1 saturated heterocycles. The van der Waals surface area contributed by atoms with E-state index in [-0.39, 0.29) is 0 Å². The van der Waals surface area contributed by atoms with E-state index >= 15 is 0 Å². The van der Waals surface area contributed by atoms with Crippen LogP contribution in [0, 0.1) is 5.92 Å². The lowest BCUT2D eigenvalue weighted by Gasteiger charge is -2.25. The third-order valence-electron chi connectivity index (χ3n) is 3.36. The fourth-order valence-electron chi connectivity index (χ4n) is 2.32. The van der Waals surface area contributed by atoms with Gasteiger partial charge >= 0.3 is 0 Å². The van der Waals surface area contributed by atoms with Gasteiger partial charge in [0.1, 0.15) is 0 Å². The first-order chi connectivity index (χ1) is 8.68. The van der Waals surface area contributed by atoms with Crippen molar-refractivity contribution in [2.45, 2.75) is 12.8 Å². The molecule has 4 heteroatoms. The van der Waals surface area contributed by atoms with Gasteiger partial charge in [0.05, 0.1) is 16.4 Å². The Morgan fingerprint density at radius 2 is 2.06 bits per heavy atom. The van der Waals surface area contributed by atoms with E-state index in [1.807, 2.05) is 26.2 Å². The molecule has 1 N–H and O–H groups in total. The molecule has 0 radical (unpaired) electrons. The van der Waals surface area contributed by atoms with Crippen LogP contribution in [0.15, 0.2) is 18.2 Å². The van der Waals surface area contributed by atoms with Gasteiger partial charge in [0.2, 0.25) is 0 Å². The number of para-hydroxylation sites is 1. The highest BCUT2D eigenvalue weighted by Crippen LogP contribution is 2.32. The van der Waals surface area contributed by atoms with Crippen LogP contribution >= 0.6 is 11.6 Å². The van der Waals surface area contributed by atoms with Crippen molar-refractivity contribution in [3.63, 3.8) is 0 Å². The van der Waals surface area contributed by atoms with Gasteiger partial charge in [-0.1, -0.05) is 17.7 Å². The number of nitrogens with zero attached hydrogens (tertiary/aromatic N) is 1. The van der Waals surface area contributed by atoms with Crippen LogP contribution in [0.1, 0.15) is 12.8 Å². The standard InChI is InChI=1S/C14H21ClN2O/c1-17(2)14-12(15)4-3-5-13(14)16-10-11-6-8-18-9-7-11/h3-5,11,16H,6-10H2,1-2H3. The number of ether oxygens (including phenoxy) is 1. The largest absolute Gasteiger partial charge is 0.383 e. The molecule has 0 amide bonds. The van der Waals surface area contributed by atoms with Crippen LogP contribution in [0.5, 0.6) is 0 Å². The van der Waals surface area contributed by atoms with Crippen LogP contribution in [-0.4, -0.2) is 33.9 Å². The Balaban J connectivity index is 2.02. The van der Waals surface area contributed by atoms with Gasteiger partial charge in [0.25, 0.3) is 0 Å². The van der Waals surface area contributed by atoms with Gasteiger partial charge in [0.15, 0.2) is 0 Å². The van der Waals surface area contributed by atoms with Crippen LogP contribution in [-0.2, 0) is 4.74 Å². The van der Waals surface area contributed by atoms with Crippen molar-refractivity contribution < 1.29 is 4.74 Å². The number of hydrogen-bond donors (Lipinski definition) is 1. The molecule has 0 spiro atoms. The van der Waals surface area contributed by atoms with E-state index in [4.69, 9.17) is 16.3 Å².